The van der Waals surface area contributed by atoms with Crippen LogP contribution in [0.25, 0.3) is 5.69 Å². The lowest BCUT2D eigenvalue weighted by atomic mass is 10.3. The van der Waals surface area contributed by atoms with Crippen LogP contribution in [-0.4, -0.2) is 30.6 Å². The maximum atomic E-state index is 12.3. The van der Waals surface area contributed by atoms with Crippen LogP contribution in [0.1, 0.15) is 16.2 Å². The number of aromatic nitrogens is 4. The van der Waals surface area contributed by atoms with Crippen molar-refractivity contribution >= 4 is 23.2 Å². The summed E-state index contributed by atoms with van der Waals surface area (Å²) >= 11 is 5.84. The number of carbonyl (C=O) groups excluding carboxylic acids is 1. The predicted molar refractivity (Wildman–Crippen MR) is 86.1 cm³/mol. The number of halogens is 1. The van der Waals surface area contributed by atoms with Gasteiger partial charge in [0.15, 0.2) is 11.4 Å². The molecule has 0 fully saturated rings. The van der Waals surface area contributed by atoms with Crippen molar-refractivity contribution in [2.75, 3.05) is 5.32 Å². The van der Waals surface area contributed by atoms with Gasteiger partial charge in [-0.25, -0.2) is 4.68 Å². The van der Waals surface area contributed by atoms with Gasteiger partial charge in [-0.3, -0.25) is 9.48 Å². The summed E-state index contributed by atoms with van der Waals surface area (Å²) in [4.78, 5) is 12.3. The third-order valence-electron chi connectivity index (χ3n) is 3.26. The van der Waals surface area contributed by atoms with E-state index in [4.69, 9.17) is 11.6 Å². The Bertz CT molecular complexity index is 867. The average Bonchev–Trinajstić information content (AvgIpc) is 3.02. The van der Waals surface area contributed by atoms with Crippen molar-refractivity contribution in [3.63, 3.8) is 0 Å². The lowest BCUT2D eigenvalue weighted by molar-refractivity contribution is 0.101. The minimum Gasteiger partial charge on any atom is -0.504 e. The number of aromatic hydroxyl groups is 1. The average molecular weight is 332 g/mol. The summed E-state index contributed by atoms with van der Waals surface area (Å²) in [7, 11) is 1.76. The van der Waals surface area contributed by atoms with Crippen molar-refractivity contribution in [3.8, 4) is 11.4 Å². The summed E-state index contributed by atoms with van der Waals surface area (Å²) in [5.74, 6) is -0.717. The Labute approximate surface area is 137 Å². The molecule has 118 valence electrons. The predicted octanol–water partition coefficient (Wildman–Crippen LogP) is 2.53. The van der Waals surface area contributed by atoms with E-state index in [2.05, 4.69) is 15.5 Å². The first-order chi connectivity index (χ1) is 10.9. The molecule has 8 heteroatoms. The van der Waals surface area contributed by atoms with Crippen LogP contribution in [0.5, 0.6) is 5.75 Å². The molecule has 0 aliphatic carbocycles. The fourth-order valence-corrected chi connectivity index (χ4v) is 2.28. The quantitative estimate of drug-likeness (QED) is 0.772. The molecule has 0 aliphatic rings. The summed E-state index contributed by atoms with van der Waals surface area (Å²) in [6.45, 7) is 1.78. The third-order valence-corrected chi connectivity index (χ3v) is 3.51. The number of amides is 1. The standard InChI is InChI=1S/C15H14ClN5O2/c1-9-12(7-20(2)18-9)17-15(23)14-13(22)8-21(19-14)11-5-3-10(16)4-6-11/h3-8,22H,1-2H3,(H,17,23). The molecule has 3 rings (SSSR count). The van der Waals surface area contributed by atoms with Crippen LogP contribution in [0.2, 0.25) is 5.02 Å². The first-order valence-corrected chi connectivity index (χ1v) is 7.18. The Morgan fingerprint density at radius 2 is 1.91 bits per heavy atom. The molecule has 0 atom stereocenters. The van der Waals surface area contributed by atoms with Crippen molar-refractivity contribution in [2.24, 2.45) is 7.05 Å². The van der Waals surface area contributed by atoms with Gasteiger partial charge in [-0.2, -0.15) is 10.2 Å². The maximum absolute atomic E-state index is 12.3. The minimum absolute atomic E-state index is 0.0665. The maximum Gasteiger partial charge on any atom is 0.280 e. The fraction of sp³-hybridized carbons (Fsp3) is 0.133. The van der Waals surface area contributed by atoms with Gasteiger partial charge in [-0.1, -0.05) is 11.6 Å². The van der Waals surface area contributed by atoms with Gasteiger partial charge in [-0.05, 0) is 31.2 Å². The second kappa shape index (κ2) is 5.77. The molecule has 1 aromatic carbocycles. The Kier molecular flexibility index (Phi) is 3.79. The highest BCUT2D eigenvalue weighted by Gasteiger charge is 2.18. The zero-order chi connectivity index (χ0) is 16.6. The molecule has 0 spiro atoms. The van der Waals surface area contributed by atoms with Gasteiger partial charge in [-0.15, -0.1) is 0 Å². The van der Waals surface area contributed by atoms with E-state index in [1.165, 1.54) is 10.9 Å². The number of carbonyl (C=O) groups is 1. The molecule has 2 heterocycles. The Morgan fingerprint density at radius 3 is 2.52 bits per heavy atom. The van der Waals surface area contributed by atoms with Crippen LogP contribution in [0, 0.1) is 6.92 Å². The van der Waals surface area contributed by atoms with Crippen LogP contribution >= 0.6 is 11.6 Å². The number of rotatable bonds is 3. The fourth-order valence-electron chi connectivity index (χ4n) is 2.16. The van der Waals surface area contributed by atoms with Crippen LogP contribution in [0.4, 0.5) is 5.69 Å². The van der Waals surface area contributed by atoms with E-state index < -0.39 is 5.91 Å². The number of hydrogen-bond donors (Lipinski definition) is 2. The van der Waals surface area contributed by atoms with Gasteiger partial charge in [0.2, 0.25) is 0 Å². The SMILES string of the molecule is Cc1nn(C)cc1NC(=O)c1nn(-c2ccc(Cl)cc2)cc1O. The number of hydrogen-bond acceptors (Lipinski definition) is 4. The topological polar surface area (TPSA) is 85.0 Å². The number of aryl methyl sites for hydroxylation is 2. The highest BCUT2D eigenvalue weighted by Crippen LogP contribution is 2.21. The van der Waals surface area contributed by atoms with Crippen LogP contribution < -0.4 is 5.32 Å². The number of anilines is 1. The van der Waals surface area contributed by atoms with E-state index in [0.29, 0.717) is 22.1 Å². The smallest absolute Gasteiger partial charge is 0.280 e. The Balaban J connectivity index is 1.87. The molecule has 2 aromatic heterocycles. The van der Waals surface area contributed by atoms with Crippen molar-refractivity contribution in [2.45, 2.75) is 6.92 Å². The monoisotopic (exact) mass is 331 g/mol. The second-order valence-electron chi connectivity index (χ2n) is 5.04. The van der Waals surface area contributed by atoms with Gasteiger partial charge in [0, 0.05) is 18.3 Å². The van der Waals surface area contributed by atoms with Crippen molar-refractivity contribution in [1.29, 1.82) is 0 Å². The molecular weight excluding hydrogens is 318 g/mol. The normalized spacial score (nSPS) is 10.7. The van der Waals surface area contributed by atoms with Gasteiger partial charge in [0.1, 0.15) is 0 Å². The second-order valence-corrected chi connectivity index (χ2v) is 5.48. The zero-order valence-electron chi connectivity index (χ0n) is 12.5. The molecule has 0 saturated carbocycles. The van der Waals surface area contributed by atoms with Crippen LogP contribution in [0.15, 0.2) is 36.7 Å². The van der Waals surface area contributed by atoms with E-state index in [-0.39, 0.29) is 11.4 Å². The van der Waals surface area contributed by atoms with Gasteiger partial charge < -0.3 is 10.4 Å². The van der Waals surface area contributed by atoms with Gasteiger partial charge in [0.05, 0.1) is 23.3 Å². The minimum atomic E-state index is -0.508. The van der Waals surface area contributed by atoms with E-state index in [1.807, 2.05) is 0 Å². The summed E-state index contributed by atoms with van der Waals surface area (Å²) in [5, 5.41) is 21.5. The van der Waals surface area contributed by atoms with E-state index in [9.17, 15) is 9.90 Å². The lowest BCUT2D eigenvalue weighted by Crippen LogP contribution is -2.13. The van der Waals surface area contributed by atoms with Crippen molar-refractivity contribution in [1.82, 2.24) is 19.6 Å². The molecular formula is C15H14ClN5O2. The largest absolute Gasteiger partial charge is 0.504 e. The Morgan fingerprint density at radius 1 is 1.22 bits per heavy atom. The molecule has 0 unspecified atom stereocenters. The van der Waals surface area contributed by atoms with Crippen molar-refractivity contribution in [3.05, 3.63) is 53.1 Å². The van der Waals surface area contributed by atoms with Crippen molar-refractivity contribution < 1.29 is 9.90 Å². The molecule has 0 aliphatic heterocycles. The summed E-state index contributed by atoms with van der Waals surface area (Å²) in [6, 6.07) is 6.88. The summed E-state index contributed by atoms with van der Waals surface area (Å²) < 4.78 is 3.01. The lowest BCUT2D eigenvalue weighted by Gasteiger charge is -2.02. The van der Waals surface area contributed by atoms with E-state index >= 15 is 0 Å². The molecule has 0 saturated heterocycles. The zero-order valence-corrected chi connectivity index (χ0v) is 13.2. The highest BCUT2D eigenvalue weighted by atomic mass is 35.5. The number of benzene rings is 1. The molecule has 2 N–H and O–H groups in total. The number of nitrogens with one attached hydrogen (secondary N) is 1. The van der Waals surface area contributed by atoms with Crippen LogP contribution in [0.3, 0.4) is 0 Å². The summed E-state index contributed by atoms with van der Waals surface area (Å²) in [6.07, 6.45) is 3.05. The molecule has 3 aromatic rings. The first-order valence-electron chi connectivity index (χ1n) is 6.80. The Hall–Kier alpha value is -2.80. The molecule has 0 bridgehead atoms. The number of nitrogens with zero attached hydrogens (tertiary/aromatic N) is 4. The van der Waals surface area contributed by atoms with E-state index in [0.717, 1.165) is 0 Å². The van der Waals surface area contributed by atoms with Gasteiger partial charge >= 0.3 is 0 Å². The highest BCUT2D eigenvalue weighted by molar-refractivity contribution is 6.30. The molecule has 0 radical (unpaired) electrons. The first kappa shape index (κ1) is 15.1. The summed E-state index contributed by atoms with van der Waals surface area (Å²) in [5.41, 5.74) is 1.86. The molecule has 1 amide bonds. The molecule has 23 heavy (non-hydrogen) atoms. The third kappa shape index (κ3) is 3.04. The van der Waals surface area contributed by atoms with Crippen LogP contribution in [-0.2, 0) is 7.05 Å². The van der Waals surface area contributed by atoms with Gasteiger partial charge in [0.25, 0.3) is 5.91 Å². The molecule has 7 nitrogen and oxygen atoms in total. The van der Waals surface area contributed by atoms with E-state index in [1.54, 1.807) is 49.1 Å².